The molecule has 0 N–H and O–H groups in total. The van der Waals surface area contributed by atoms with E-state index >= 15 is 0 Å². The van der Waals surface area contributed by atoms with E-state index in [1.165, 1.54) is 77.0 Å². The van der Waals surface area contributed by atoms with Gasteiger partial charge in [0.15, 0.2) is 0 Å². The molecule has 4 nitrogen and oxygen atoms in total. The lowest BCUT2D eigenvalue weighted by Crippen LogP contribution is -2.29. The highest BCUT2D eigenvalue weighted by molar-refractivity contribution is 7.53. The second kappa shape index (κ2) is 23.3. The second-order valence-corrected chi connectivity index (χ2v) is 11.3. The van der Waals surface area contributed by atoms with Crippen molar-refractivity contribution in [3.63, 3.8) is 0 Å². The third-order valence-electron chi connectivity index (χ3n) is 5.92. The summed E-state index contributed by atoms with van der Waals surface area (Å²) >= 11 is 0. The predicted molar refractivity (Wildman–Crippen MR) is 137 cm³/mol. The van der Waals surface area contributed by atoms with Gasteiger partial charge in [-0.25, -0.2) is 0 Å². The maximum absolute atomic E-state index is 13.3. The van der Waals surface area contributed by atoms with Crippen molar-refractivity contribution in [3.8, 4) is 0 Å². The average Bonchev–Trinajstić information content (AvgIpc) is 2.76. The lowest BCUT2D eigenvalue weighted by Gasteiger charge is -2.25. The van der Waals surface area contributed by atoms with Crippen LogP contribution < -0.4 is 0 Å². The van der Waals surface area contributed by atoms with Gasteiger partial charge in [0.1, 0.15) is 0 Å². The molecular formula is C26H56NO3P. The molecule has 31 heavy (non-hydrogen) atoms. The first-order chi connectivity index (χ1) is 15.1. The van der Waals surface area contributed by atoms with Gasteiger partial charge < -0.3 is 13.9 Å². The number of unbranched alkanes of at least 4 members (excludes halogenated alkanes) is 12. The quantitative estimate of drug-likeness (QED) is 0.100. The van der Waals surface area contributed by atoms with Crippen molar-refractivity contribution in [1.82, 2.24) is 4.90 Å². The maximum Gasteiger partial charge on any atom is 0.331 e. The summed E-state index contributed by atoms with van der Waals surface area (Å²) in [6, 6.07) is 0. The van der Waals surface area contributed by atoms with Crippen molar-refractivity contribution in [1.29, 1.82) is 0 Å². The van der Waals surface area contributed by atoms with E-state index in [9.17, 15) is 4.57 Å². The van der Waals surface area contributed by atoms with Gasteiger partial charge in [-0.3, -0.25) is 4.57 Å². The smallest absolute Gasteiger partial charge is 0.309 e. The summed E-state index contributed by atoms with van der Waals surface area (Å²) in [5, 5.41) is 0. The second-order valence-electron chi connectivity index (χ2n) is 9.09. The molecule has 0 heterocycles. The van der Waals surface area contributed by atoms with Gasteiger partial charge in [0.25, 0.3) is 0 Å². The first-order valence-electron chi connectivity index (χ1n) is 13.7. The van der Waals surface area contributed by atoms with E-state index in [0.29, 0.717) is 19.4 Å². The molecule has 0 aliphatic carbocycles. The molecule has 0 aromatic rings. The molecule has 0 amide bonds. The minimum absolute atomic E-state index is 0.534. The minimum Gasteiger partial charge on any atom is -0.309 e. The van der Waals surface area contributed by atoms with Crippen LogP contribution >= 0.6 is 7.60 Å². The number of hydrogen-bond acceptors (Lipinski definition) is 4. The summed E-state index contributed by atoms with van der Waals surface area (Å²) in [5.41, 5.74) is 0. The van der Waals surface area contributed by atoms with Gasteiger partial charge in [-0.1, -0.05) is 105 Å². The molecule has 0 unspecified atom stereocenters. The van der Waals surface area contributed by atoms with Gasteiger partial charge in [0, 0.05) is 6.54 Å². The number of nitrogens with zero attached hydrogens (tertiary/aromatic N) is 1. The number of rotatable bonds is 25. The third kappa shape index (κ3) is 20.4. The molecule has 0 rings (SSSR count). The van der Waals surface area contributed by atoms with Crippen LogP contribution in [-0.4, -0.2) is 43.9 Å². The molecule has 5 heteroatoms. The SMILES string of the molecule is CCCCCCCCN(CCCCCCCC)CCP(=O)(OCCCC)OCCCC. The zero-order valence-corrected chi connectivity index (χ0v) is 22.6. The Kier molecular flexibility index (Phi) is 23.4. The Morgan fingerprint density at radius 2 is 0.903 bits per heavy atom. The van der Waals surface area contributed by atoms with E-state index < -0.39 is 7.60 Å². The van der Waals surface area contributed by atoms with Gasteiger partial charge in [0.05, 0.1) is 19.4 Å². The van der Waals surface area contributed by atoms with Crippen LogP contribution in [0, 0.1) is 0 Å². The molecule has 0 radical (unpaired) electrons. The highest BCUT2D eigenvalue weighted by atomic mass is 31.2. The van der Waals surface area contributed by atoms with Crippen molar-refractivity contribution >= 4 is 7.60 Å². The Morgan fingerprint density at radius 1 is 0.516 bits per heavy atom. The molecule has 0 fully saturated rings. The summed E-state index contributed by atoms with van der Waals surface area (Å²) in [7, 11) is -2.98. The Morgan fingerprint density at radius 3 is 1.32 bits per heavy atom. The van der Waals surface area contributed by atoms with Crippen LogP contribution in [0.15, 0.2) is 0 Å². The zero-order chi connectivity index (χ0) is 23.0. The van der Waals surface area contributed by atoms with Gasteiger partial charge in [-0.2, -0.15) is 0 Å². The Balaban J connectivity index is 4.55. The van der Waals surface area contributed by atoms with E-state index in [4.69, 9.17) is 9.05 Å². The van der Waals surface area contributed by atoms with E-state index in [0.717, 1.165) is 45.3 Å². The van der Waals surface area contributed by atoms with E-state index in [1.807, 2.05) is 0 Å². The van der Waals surface area contributed by atoms with Gasteiger partial charge in [0.2, 0.25) is 0 Å². The molecule has 0 aromatic carbocycles. The van der Waals surface area contributed by atoms with Gasteiger partial charge in [-0.15, -0.1) is 0 Å². The fraction of sp³-hybridized carbons (Fsp3) is 1.00. The van der Waals surface area contributed by atoms with Crippen LogP contribution in [0.3, 0.4) is 0 Å². The molecule has 0 atom stereocenters. The molecule has 0 aliphatic rings. The van der Waals surface area contributed by atoms with E-state index in [2.05, 4.69) is 32.6 Å². The van der Waals surface area contributed by atoms with Crippen molar-refractivity contribution in [2.24, 2.45) is 0 Å². The molecule has 188 valence electrons. The molecule has 0 aliphatic heterocycles. The van der Waals surface area contributed by atoms with Crippen LogP contribution in [0.25, 0.3) is 0 Å². The molecule has 0 aromatic heterocycles. The van der Waals surface area contributed by atoms with Gasteiger partial charge >= 0.3 is 7.60 Å². The molecule has 0 bridgehead atoms. The first kappa shape index (κ1) is 31.1. The monoisotopic (exact) mass is 461 g/mol. The molecule has 0 saturated heterocycles. The lowest BCUT2D eigenvalue weighted by molar-refractivity contribution is 0.193. The average molecular weight is 462 g/mol. The highest BCUT2D eigenvalue weighted by Crippen LogP contribution is 2.48. The van der Waals surface area contributed by atoms with Crippen molar-refractivity contribution in [3.05, 3.63) is 0 Å². The topological polar surface area (TPSA) is 38.8 Å². The fourth-order valence-corrected chi connectivity index (χ4v) is 5.37. The molecular weight excluding hydrogens is 405 g/mol. The Labute approximate surface area is 195 Å². The molecule has 0 spiro atoms. The highest BCUT2D eigenvalue weighted by Gasteiger charge is 2.25. The fourth-order valence-electron chi connectivity index (χ4n) is 3.69. The van der Waals surface area contributed by atoms with Crippen LogP contribution in [0.2, 0.25) is 0 Å². The normalized spacial score (nSPS) is 12.2. The van der Waals surface area contributed by atoms with Crippen molar-refractivity contribution < 1.29 is 13.6 Å². The van der Waals surface area contributed by atoms with Crippen LogP contribution in [0.1, 0.15) is 130 Å². The summed E-state index contributed by atoms with van der Waals surface area (Å²) < 4.78 is 24.9. The number of hydrogen-bond donors (Lipinski definition) is 0. The van der Waals surface area contributed by atoms with Crippen LogP contribution in [0.5, 0.6) is 0 Å². The van der Waals surface area contributed by atoms with E-state index in [1.54, 1.807) is 0 Å². The van der Waals surface area contributed by atoms with E-state index in [-0.39, 0.29) is 0 Å². The Bertz CT molecular complexity index is 376. The maximum atomic E-state index is 13.3. The van der Waals surface area contributed by atoms with Gasteiger partial charge in [-0.05, 0) is 38.8 Å². The van der Waals surface area contributed by atoms with Crippen molar-refractivity contribution in [2.45, 2.75) is 130 Å². The zero-order valence-electron chi connectivity index (χ0n) is 21.7. The first-order valence-corrected chi connectivity index (χ1v) is 15.4. The summed E-state index contributed by atoms with van der Waals surface area (Å²) in [4.78, 5) is 2.53. The summed E-state index contributed by atoms with van der Waals surface area (Å²) in [6.45, 7) is 13.0. The summed E-state index contributed by atoms with van der Waals surface area (Å²) in [5.74, 6) is 0. The lowest BCUT2D eigenvalue weighted by atomic mass is 10.1. The largest absolute Gasteiger partial charge is 0.331 e. The third-order valence-corrected chi connectivity index (χ3v) is 7.82. The van der Waals surface area contributed by atoms with Crippen molar-refractivity contribution in [2.75, 3.05) is 39.0 Å². The van der Waals surface area contributed by atoms with Crippen LogP contribution in [-0.2, 0) is 13.6 Å². The predicted octanol–water partition coefficient (Wildman–Crippen LogP) is 8.84. The summed E-state index contributed by atoms with van der Waals surface area (Å²) in [6.07, 6.45) is 20.4. The Hall–Kier alpha value is 0.110. The van der Waals surface area contributed by atoms with Crippen LogP contribution in [0.4, 0.5) is 0 Å². The molecule has 0 saturated carbocycles. The minimum atomic E-state index is -2.98. The standard InChI is InChI=1S/C26H56NO3P/c1-5-9-13-15-17-19-21-27(22-20-18-16-14-10-6-2)23-26-31(28,29-24-11-7-3)30-25-12-8-4/h5-26H2,1-4H3.